The first-order chi connectivity index (χ1) is 15.9. The number of nitrogens with one attached hydrogen (secondary N) is 1. The Morgan fingerprint density at radius 3 is 2.36 bits per heavy atom. The second-order valence-corrected chi connectivity index (χ2v) is 9.70. The minimum atomic E-state index is -3.66. The number of halogens is 1. The lowest BCUT2D eigenvalue weighted by atomic mass is 10.2. The van der Waals surface area contributed by atoms with E-state index >= 15 is 0 Å². The summed E-state index contributed by atoms with van der Waals surface area (Å²) in [6.45, 7) is 5.10. The van der Waals surface area contributed by atoms with Crippen molar-refractivity contribution in [3.8, 4) is 5.75 Å². The number of benzene rings is 2. The van der Waals surface area contributed by atoms with Crippen molar-refractivity contribution < 1.29 is 17.5 Å². The molecule has 0 aliphatic carbocycles. The maximum absolute atomic E-state index is 13.2. The predicted octanol–water partition coefficient (Wildman–Crippen LogP) is 3.34. The van der Waals surface area contributed by atoms with E-state index in [9.17, 15) is 12.8 Å². The van der Waals surface area contributed by atoms with Crippen LogP contribution in [0.15, 0.2) is 65.7 Å². The highest BCUT2D eigenvalue weighted by Crippen LogP contribution is 2.22. The Morgan fingerprint density at radius 1 is 1.00 bits per heavy atom. The van der Waals surface area contributed by atoms with Gasteiger partial charge in [-0.15, -0.1) is 0 Å². The van der Waals surface area contributed by atoms with Crippen LogP contribution < -0.4 is 19.3 Å². The highest BCUT2D eigenvalue weighted by atomic mass is 32.2. The third-order valence-corrected chi connectivity index (χ3v) is 7.15. The van der Waals surface area contributed by atoms with E-state index in [1.807, 2.05) is 13.0 Å². The Hall–Kier alpha value is -3.17. The van der Waals surface area contributed by atoms with Gasteiger partial charge < -0.3 is 14.5 Å². The molecule has 0 saturated carbocycles. The van der Waals surface area contributed by atoms with Gasteiger partial charge in [0.2, 0.25) is 10.0 Å². The fourth-order valence-electron chi connectivity index (χ4n) is 3.87. The van der Waals surface area contributed by atoms with Gasteiger partial charge >= 0.3 is 0 Å². The van der Waals surface area contributed by atoms with Crippen LogP contribution in [-0.2, 0) is 16.6 Å². The van der Waals surface area contributed by atoms with E-state index in [1.165, 1.54) is 18.2 Å². The number of hydrogen-bond acceptors (Lipinski definition) is 6. The van der Waals surface area contributed by atoms with Crippen molar-refractivity contribution in [1.29, 1.82) is 0 Å². The van der Waals surface area contributed by atoms with Crippen molar-refractivity contribution in [3.63, 3.8) is 0 Å². The molecule has 1 saturated heterocycles. The third-order valence-electron chi connectivity index (χ3n) is 5.75. The lowest BCUT2D eigenvalue weighted by molar-refractivity contribution is 0.411. The summed E-state index contributed by atoms with van der Waals surface area (Å²) in [6.07, 6.45) is 1.70. The number of ether oxygens (including phenoxy) is 1. The molecule has 1 aromatic heterocycles. The second kappa shape index (κ2) is 9.76. The Balaban J connectivity index is 1.38. The van der Waals surface area contributed by atoms with Gasteiger partial charge in [0, 0.05) is 44.6 Å². The van der Waals surface area contributed by atoms with Crippen LogP contribution in [0, 0.1) is 12.7 Å². The molecule has 0 atom stereocenters. The molecule has 33 heavy (non-hydrogen) atoms. The summed E-state index contributed by atoms with van der Waals surface area (Å²) in [5.41, 5.74) is 2.59. The topological polar surface area (TPSA) is 74.8 Å². The number of piperazine rings is 1. The quantitative estimate of drug-likeness (QED) is 0.571. The summed E-state index contributed by atoms with van der Waals surface area (Å²) >= 11 is 0. The number of pyridine rings is 1. The number of methoxy groups -OCH3 is 1. The molecule has 0 unspecified atom stereocenters. The van der Waals surface area contributed by atoms with E-state index in [0.717, 1.165) is 48.8 Å². The van der Waals surface area contributed by atoms with Gasteiger partial charge in [0.05, 0.1) is 12.0 Å². The summed E-state index contributed by atoms with van der Waals surface area (Å²) in [6, 6.07) is 15.0. The zero-order valence-corrected chi connectivity index (χ0v) is 19.5. The molecule has 0 bridgehead atoms. The van der Waals surface area contributed by atoms with Gasteiger partial charge in [-0.3, -0.25) is 0 Å². The number of hydrogen-bond donors (Lipinski definition) is 1. The molecule has 7 nitrogen and oxygen atoms in total. The van der Waals surface area contributed by atoms with E-state index in [4.69, 9.17) is 4.74 Å². The van der Waals surface area contributed by atoms with Gasteiger partial charge in [-0.1, -0.05) is 0 Å². The molecule has 9 heteroatoms. The van der Waals surface area contributed by atoms with Crippen LogP contribution in [0.3, 0.4) is 0 Å². The Kier molecular flexibility index (Phi) is 6.80. The molecule has 174 valence electrons. The van der Waals surface area contributed by atoms with Gasteiger partial charge in [-0.05, 0) is 72.6 Å². The maximum Gasteiger partial charge on any atom is 0.240 e. The van der Waals surface area contributed by atoms with Crippen molar-refractivity contribution in [3.05, 3.63) is 77.7 Å². The Bertz CT molecular complexity index is 1210. The standard InChI is InChI=1S/C24H27FN4O3S/c1-18-15-22(7-8-23(18)32-2)33(30,31)27-17-19-9-10-26-24(16-19)29-13-11-28(12-14-29)21-5-3-20(25)4-6-21/h3-10,15-16,27H,11-14,17H2,1-2H3. The smallest absolute Gasteiger partial charge is 0.240 e. The second-order valence-electron chi connectivity index (χ2n) is 7.93. The number of aromatic nitrogens is 1. The Morgan fingerprint density at radius 2 is 1.70 bits per heavy atom. The summed E-state index contributed by atoms with van der Waals surface area (Å²) < 4.78 is 46.5. The van der Waals surface area contributed by atoms with Crippen molar-refractivity contribution >= 4 is 21.5 Å². The molecular formula is C24H27FN4O3S. The molecule has 0 spiro atoms. The van der Waals surface area contributed by atoms with Gasteiger partial charge in [0.15, 0.2) is 0 Å². The first-order valence-corrected chi connectivity index (χ1v) is 12.2. The van der Waals surface area contributed by atoms with Crippen LogP contribution in [0.25, 0.3) is 0 Å². The van der Waals surface area contributed by atoms with Crippen LogP contribution in [0.2, 0.25) is 0 Å². The molecule has 4 rings (SSSR count). The van der Waals surface area contributed by atoms with Crippen LogP contribution in [0.4, 0.5) is 15.9 Å². The molecule has 2 heterocycles. The monoisotopic (exact) mass is 470 g/mol. The average molecular weight is 471 g/mol. The summed E-state index contributed by atoms with van der Waals surface area (Å²) in [5.74, 6) is 1.22. The minimum absolute atomic E-state index is 0.165. The van der Waals surface area contributed by atoms with Gasteiger partial charge in [-0.2, -0.15) is 0 Å². The molecule has 1 fully saturated rings. The molecule has 3 aromatic rings. The fraction of sp³-hybridized carbons (Fsp3) is 0.292. The van der Waals surface area contributed by atoms with Crippen LogP contribution in [0.5, 0.6) is 5.75 Å². The molecule has 1 N–H and O–H groups in total. The van der Waals surface area contributed by atoms with E-state index in [-0.39, 0.29) is 17.3 Å². The summed E-state index contributed by atoms with van der Waals surface area (Å²) in [5, 5.41) is 0. The summed E-state index contributed by atoms with van der Waals surface area (Å²) in [7, 11) is -2.10. The number of aryl methyl sites for hydroxylation is 1. The highest BCUT2D eigenvalue weighted by Gasteiger charge is 2.19. The zero-order chi connectivity index (χ0) is 23.4. The van der Waals surface area contributed by atoms with E-state index in [1.54, 1.807) is 43.6 Å². The van der Waals surface area contributed by atoms with E-state index in [0.29, 0.717) is 5.75 Å². The molecular weight excluding hydrogens is 443 g/mol. The number of anilines is 2. The Labute approximate surface area is 193 Å². The average Bonchev–Trinajstić information content (AvgIpc) is 2.83. The fourth-order valence-corrected chi connectivity index (χ4v) is 4.97. The van der Waals surface area contributed by atoms with Crippen LogP contribution >= 0.6 is 0 Å². The minimum Gasteiger partial charge on any atom is -0.496 e. The molecule has 2 aromatic carbocycles. The van der Waals surface area contributed by atoms with Crippen molar-refractivity contribution in [2.45, 2.75) is 18.4 Å². The lowest BCUT2D eigenvalue weighted by Crippen LogP contribution is -2.46. The first-order valence-electron chi connectivity index (χ1n) is 10.7. The number of nitrogens with zero attached hydrogens (tertiary/aromatic N) is 3. The van der Waals surface area contributed by atoms with Crippen molar-refractivity contribution in [2.24, 2.45) is 0 Å². The van der Waals surface area contributed by atoms with Gasteiger partial charge in [-0.25, -0.2) is 22.5 Å². The molecule has 0 radical (unpaired) electrons. The first kappa shape index (κ1) is 23.0. The van der Waals surface area contributed by atoms with E-state index < -0.39 is 10.0 Å². The molecule has 1 aliphatic heterocycles. The lowest BCUT2D eigenvalue weighted by Gasteiger charge is -2.36. The van der Waals surface area contributed by atoms with Crippen molar-refractivity contribution in [1.82, 2.24) is 9.71 Å². The van der Waals surface area contributed by atoms with Crippen LogP contribution in [0.1, 0.15) is 11.1 Å². The summed E-state index contributed by atoms with van der Waals surface area (Å²) in [4.78, 5) is 9.06. The zero-order valence-electron chi connectivity index (χ0n) is 18.7. The normalized spacial score (nSPS) is 14.4. The highest BCUT2D eigenvalue weighted by molar-refractivity contribution is 7.89. The largest absolute Gasteiger partial charge is 0.496 e. The van der Waals surface area contributed by atoms with Crippen LogP contribution in [-0.4, -0.2) is 46.7 Å². The molecule has 0 amide bonds. The maximum atomic E-state index is 13.2. The number of rotatable bonds is 7. The van der Waals surface area contributed by atoms with E-state index in [2.05, 4.69) is 19.5 Å². The predicted molar refractivity (Wildman–Crippen MR) is 127 cm³/mol. The van der Waals surface area contributed by atoms with Gasteiger partial charge in [0.25, 0.3) is 0 Å². The SMILES string of the molecule is COc1ccc(S(=O)(=O)NCc2ccnc(N3CCN(c4ccc(F)cc4)CC3)c2)cc1C. The molecule has 1 aliphatic rings. The van der Waals surface area contributed by atoms with Gasteiger partial charge in [0.1, 0.15) is 17.4 Å². The third kappa shape index (κ3) is 5.43. The van der Waals surface area contributed by atoms with Crippen molar-refractivity contribution in [2.75, 3.05) is 43.1 Å². The number of sulfonamides is 1.